The van der Waals surface area contributed by atoms with Crippen molar-refractivity contribution < 1.29 is 18.8 Å². The SMILES string of the molecule is CC(=O)c1ccc(N2CCN(C(=O)[C@H](C)NC(=O)c3ccc(C(C)(C)C)cc3)CC2)c(F)c1. The van der Waals surface area contributed by atoms with Crippen molar-refractivity contribution >= 4 is 23.3 Å². The van der Waals surface area contributed by atoms with Crippen molar-refractivity contribution in [3.63, 3.8) is 0 Å². The van der Waals surface area contributed by atoms with Gasteiger partial charge in [-0.3, -0.25) is 14.4 Å². The Labute approximate surface area is 194 Å². The lowest BCUT2D eigenvalue weighted by Crippen LogP contribution is -2.54. The van der Waals surface area contributed by atoms with Crippen molar-refractivity contribution in [2.24, 2.45) is 0 Å². The maximum atomic E-state index is 14.5. The molecule has 3 rings (SSSR count). The number of nitrogens with zero attached hydrogens (tertiary/aromatic N) is 2. The molecule has 0 spiro atoms. The third-order valence-electron chi connectivity index (χ3n) is 6.02. The lowest BCUT2D eigenvalue weighted by atomic mass is 9.86. The molecule has 2 aromatic rings. The Balaban J connectivity index is 1.56. The van der Waals surface area contributed by atoms with Gasteiger partial charge >= 0.3 is 0 Å². The molecule has 1 fully saturated rings. The van der Waals surface area contributed by atoms with E-state index in [1.54, 1.807) is 36.1 Å². The van der Waals surface area contributed by atoms with Gasteiger partial charge in [-0.25, -0.2) is 4.39 Å². The van der Waals surface area contributed by atoms with Gasteiger partial charge in [-0.1, -0.05) is 32.9 Å². The fourth-order valence-corrected chi connectivity index (χ4v) is 3.89. The summed E-state index contributed by atoms with van der Waals surface area (Å²) in [6, 6.07) is 11.2. The van der Waals surface area contributed by atoms with Crippen LogP contribution in [-0.4, -0.2) is 54.7 Å². The zero-order chi connectivity index (χ0) is 24.3. The first-order chi connectivity index (χ1) is 15.5. The van der Waals surface area contributed by atoms with Crippen LogP contribution < -0.4 is 10.2 Å². The van der Waals surface area contributed by atoms with E-state index in [1.807, 2.05) is 17.0 Å². The van der Waals surface area contributed by atoms with E-state index in [4.69, 9.17) is 0 Å². The van der Waals surface area contributed by atoms with Gasteiger partial charge in [-0.15, -0.1) is 0 Å². The number of carbonyl (C=O) groups is 3. The van der Waals surface area contributed by atoms with Crippen molar-refractivity contribution in [3.05, 3.63) is 65.0 Å². The van der Waals surface area contributed by atoms with E-state index in [1.165, 1.54) is 13.0 Å². The molecule has 0 unspecified atom stereocenters. The second-order valence-corrected chi connectivity index (χ2v) is 9.56. The number of amides is 2. The summed E-state index contributed by atoms with van der Waals surface area (Å²) in [6.07, 6.45) is 0. The number of ketones is 1. The number of benzene rings is 2. The van der Waals surface area contributed by atoms with Crippen molar-refractivity contribution in [2.75, 3.05) is 31.1 Å². The standard InChI is InChI=1S/C26H32FN3O3/c1-17(28-24(32)19-6-9-21(10-7-19)26(3,4)5)25(33)30-14-12-29(13-15-30)23-11-8-20(18(2)31)16-22(23)27/h6-11,16-17H,12-15H2,1-5H3,(H,28,32)/t17-/m0/s1. The molecule has 1 aliphatic rings. The van der Waals surface area contributed by atoms with Crippen LogP contribution in [0.5, 0.6) is 0 Å². The van der Waals surface area contributed by atoms with E-state index >= 15 is 0 Å². The first-order valence-corrected chi connectivity index (χ1v) is 11.2. The number of hydrogen-bond acceptors (Lipinski definition) is 4. The van der Waals surface area contributed by atoms with Crippen molar-refractivity contribution in [3.8, 4) is 0 Å². The van der Waals surface area contributed by atoms with Crippen molar-refractivity contribution in [2.45, 2.75) is 46.1 Å². The second-order valence-electron chi connectivity index (χ2n) is 9.56. The number of rotatable bonds is 5. The highest BCUT2D eigenvalue weighted by molar-refractivity contribution is 5.97. The number of hydrogen-bond donors (Lipinski definition) is 1. The maximum Gasteiger partial charge on any atom is 0.251 e. The molecule has 0 radical (unpaired) electrons. The van der Waals surface area contributed by atoms with Crippen LogP contribution in [0.15, 0.2) is 42.5 Å². The average molecular weight is 454 g/mol. The summed E-state index contributed by atoms with van der Waals surface area (Å²) < 4.78 is 14.5. The van der Waals surface area contributed by atoms with Gasteiger partial charge in [0.1, 0.15) is 11.9 Å². The van der Waals surface area contributed by atoms with Crippen LogP contribution >= 0.6 is 0 Å². The van der Waals surface area contributed by atoms with E-state index < -0.39 is 11.9 Å². The highest BCUT2D eigenvalue weighted by atomic mass is 19.1. The predicted molar refractivity (Wildman–Crippen MR) is 127 cm³/mol. The van der Waals surface area contributed by atoms with E-state index in [0.717, 1.165) is 5.56 Å². The molecule has 2 amide bonds. The molecular formula is C26H32FN3O3. The Hall–Kier alpha value is -3.22. The van der Waals surface area contributed by atoms with Crippen LogP contribution in [0.3, 0.4) is 0 Å². The van der Waals surface area contributed by atoms with Crippen LogP contribution in [0.4, 0.5) is 10.1 Å². The number of nitrogens with one attached hydrogen (secondary N) is 1. The Morgan fingerprint density at radius 3 is 2.03 bits per heavy atom. The fraction of sp³-hybridized carbons (Fsp3) is 0.423. The Kier molecular flexibility index (Phi) is 7.20. The quantitative estimate of drug-likeness (QED) is 0.700. The molecule has 1 N–H and O–H groups in total. The molecule has 176 valence electrons. The predicted octanol–water partition coefficient (Wildman–Crippen LogP) is 3.79. The van der Waals surface area contributed by atoms with E-state index in [-0.39, 0.29) is 23.0 Å². The molecule has 33 heavy (non-hydrogen) atoms. The Morgan fingerprint density at radius 1 is 0.939 bits per heavy atom. The lowest BCUT2D eigenvalue weighted by Gasteiger charge is -2.37. The molecule has 1 atom stereocenters. The van der Waals surface area contributed by atoms with Crippen molar-refractivity contribution in [1.29, 1.82) is 0 Å². The maximum absolute atomic E-state index is 14.5. The largest absolute Gasteiger partial charge is 0.366 e. The molecule has 1 saturated heterocycles. The van der Waals surface area contributed by atoms with E-state index in [2.05, 4.69) is 26.1 Å². The minimum atomic E-state index is -0.669. The summed E-state index contributed by atoms with van der Waals surface area (Å²) in [7, 11) is 0. The van der Waals surface area contributed by atoms with Crippen LogP contribution in [0.1, 0.15) is 60.9 Å². The molecule has 0 aliphatic carbocycles. The van der Waals surface area contributed by atoms with Gasteiger partial charge < -0.3 is 15.1 Å². The highest BCUT2D eigenvalue weighted by Crippen LogP contribution is 2.23. The Morgan fingerprint density at radius 2 is 1.52 bits per heavy atom. The van der Waals surface area contributed by atoms with Crippen molar-refractivity contribution in [1.82, 2.24) is 10.2 Å². The van der Waals surface area contributed by atoms with E-state index in [0.29, 0.717) is 43.0 Å². The fourth-order valence-electron chi connectivity index (χ4n) is 3.89. The van der Waals surface area contributed by atoms with Gasteiger partial charge in [0.15, 0.2) is 5.78 Å². The third-order valence-corrected chi connectivity index (χ3v) is 6.02. The molecule has 0 aromatic heterocycles. The minimum Gasteiger partial charge on any atom is -0.366 e. The third kappa shape index (κ3) is 5.78. The number of anilines is 1. The first-order valence-electron chi connectivity index (χ1n) is 11.2. The zero-order valence-corrected chi connectivity index (χ0v) is 19.9. The normalized spacial score (nSPS) is 15.2. The number of Topliss-reactive ketones (excluding diaryl/α,β-unsaturated/α-hetero) is 1. The van der Waals surface area contributed by atoms with Crippen LogP contribution in [-0.2, 0) is 10.2 Å². The minimum absolute atomic E-state index is 0.00120. The van der Waals surface area contributed by atoms with Gasteiger partial charge in [-0.05, 0) is 55.2 Å². The summed E-state index contributed by atoms with van der Waals surface area (Å²) in [6.45, 7) is 11.2. The number of piperazine rings is 1. The summed E-state index contributed by atoms with van der Waals surface area (Å²) in [5.74, 6) is -1.08. The van der Waals surface area contributed by atoms with Gasteiger partial charge in [0.05, 0.1) is 5.69 Å². The summed E-state index contributed by atoms with van der Waals surface area (Å²) in [5, 5.41) is 2.78. The summed E-state index contributed by atoms with van der Waals surface area (Å²) in [5.41, 5.74) is 2.40. The Bertz CT molecular complexity index is 1040. The van der Waals surface area contributed by atoms with E-state index in [9.17, 15) is 18.8 Å². The molecule has 6 nitrogen and oxygen atoms in total. The van der Waals surface area contributed by atoms with Crippen LogP contribution in [0, 0.1) is 5.82 Å². The lowest BCUT2D eigenvalue weighted by molar-refractivity contribution is -0.133. The second kappa shape index (κ2) is 9.73. The highest BCUT2D eigenvalue weighted by Gasteiger charge is 2.27. The molecular weight excluding hydrogens is 421 g/mol. The number of carbonyl (C=O) groups excluding carboxylic acids is 3. The zero-order valence-electron chi connectivity index (χ0n) is 19.9. The van der Waals surface area contributed by atoms with Crippen LogP contribution in [0.25, 0.3) is 0 Å². The molecule has 0 saturated carbocycles. The van der Waals surface area contributed by atoms with Gasteiger partial charge in [0.2, 0.25) is 5.91 Å². The molecule has 1 aliphatic heterocycles. The molecule has 0 bridgehead atoms. The van der Waals surface area contributed by atoms with Gasteiger partial charge in [-0.2, -0.15) is 0 Å². The monoisotopic (exact) mass is 453 g/mol. The number of halogens is 1. The average Bonchev–Trinajstić information content (AvgIpc) is 2.78. The molecule has 2 aromatic carbocycles. The molecule has 1 heterocycles. The topological polar surface area (TPSA) is 69.7 Å². The molecule has 7 heteroatoms. The first kappa shape index (κ1) is 24.4. The van der Waals surface area contributed by atoms with Gasteiger partial charge in [0.25, 0.3) is 5.91 Å². The summed E-state index contributed by atoms with van der Waals surface area (Å²) >= 11 is 0. The summed E-state index contributed by atoms with van der Waals surface area (Å²) in [4.78, 5) is 40.4. The smallest absolute Gasteiger partial charge is 0.251 e. The van der Waals surface area contributed by atoms with Gasteiger partial charge in [0, 0.05) is 37.3 Å². The van der Waals surface area contributed by atoms with Crippen LogP contribution in [0.2, 0.25) is 0 Å².